The van der Waals surface area contributed by atoms with Crippen LogP contribution >= 0.6 is 0 Å². The van der Waals surface area contributed by atoms with Crippen LogP contribution in [0.1, 0.15) is 37.3 Å². The van der Waals surface area contributed by atoms with Gasteiger partial charge in [-0.15, -0.1) is 0 Å². The van der Waals surface area contributed by atoms with E-state index in [1.807, 2.05) is 30.3 Å². The Morgan fingerprint density at radius 3 is 2.23 bits per heavy atom. The largest absolute Gasteiger partial charge is 0.372 e. The van der Waals surface area contributed by atoms with Crippen LogP contribution in [-0.2, 0) is 4.79 Å². The molecule has 2 aliphatic rings. The van der Waals surface area contributed by atoms with Crippen LogP contribution in [0.3, 0.4) is 0 Å². The first-order valence-corrected chi connectivity index (χ1v) is 11.2. The number of piperidine rings is 1. The first-order valence-electron chi connectivity index (χ1n) is 11.2. The summed E-state index contributed by atoms with van der Waals surface area (Å²) >= 11 is 0. The Hall–Kier alpha value is -2.37. The van der Waals surface area contributed by atoms with Crippen LogP contribution in [-0.4, -0.2) is 62.0 Å². The summed E-state index contributed by atoms with van der Waals surface area (Å²) in [4.78, 5) is 20.3. The molecule has 2 aliphatic heterocycles. The summed E-state index contributed by atoms with van der Waals surface area (Å²) in [5.41, 5.74) is 3.14. The van der Waals surface area contributed by atoms with Crippen LogP contribution in [0, 0.1) is 0 Å². The second kappa shape index (κ2) is 9.63. The summed E-state index contributed by atoms with van der Waals surface area (Å²) in [6.45, 7) is 4.27. The Morgan fingerprint density at radius 2 is 1.60 bits per heavy atom. The molecule has 160 valence electrons. The number of amides is 1. The van der Waals surface area contributed by atoms with E-state index in [1.165, 1.54) is 18.5 Å². The fraction of sp³-hybridized carbons (Fsp3) is 0.480. The van der Waals surface area contributed by atoms with Crippen LogP contribution in [0.2, 0.25) is 0 Å². The highest BCUT2D eigenvalue weighted by molar-refractivity contribution is 5.95. The standard InChI is InChI=1S/C25H34N4O/c1-27-18-14-23(15-19-27)28(2)22-12-10-21(11-13-22)26-25(30)24(29-16-6-7-17-29)20-8-4-3-5-9-20/h3-5,8-13,23-24H,6-7,14-19H2,1-2H3,(H,26,30). The summed E-state index contributed by atoms with van der Waals surface area (Å²) in [7, 11) is 4.38. The number of anilines is 2. The zero-order valence-electron chi connectivity index (χ0n) is 18.3. The lowest BCUT2D eigenvalue weighted by atomic mass is 10.0. The third-order valence-corrected chi connectivity index (χ3v) is 6.65. The number of nitrogens with zero attached hydrogens (tertiary/aromatic N) is 3. The molecule has 2 aromatic carbocycles. The number of carbonyl (C=O) groups excluding carboxylic acids is 1. The predicted molar refractivity (Wildman–Crippen MR) is 124 cm³/mol. The minimum atomic E-state index is -0.227. The van der Waals surface area contributed by atoms with Crippen LogP contribution in [0.5, 0.6) is 0 Å². The van der Waals surface area contributed by atoms with Gasteiger partial charge in [0.2, 0.25) is 5.91 Å². The number of likely N-dealkylation sites (tertiary alicyclic amines) is 2. The van der Waals surface area contributed by atoms with Gasteiger partial charge in [-0.2, -0.15) is 0 Å². The molecule has 2 saturated heterocycles. The Morgan fingerprint density at radius 1 is 0.967 bits per heavy atom. The summed E-state index contributed by atoms with van der Waals surface area (Å²) in [6.07, 6.45) is 4.71. The highest BCUT2D eigenvalue weighted by atomic mass is 16.2. The lowest BCUT2D eigenvalue weighted by molar-refractivity contribution is -0.121. The number of rotatable bonds is 6. The average Bonchev–Trinajstić information content (AvgIpc) is 3.29. The van der Waals surface area contributed by atoms with Crippen molar-refractivity contribution in [2.24, 2.45) is 0 Å². The molecule has 0 bridgehead atoms. The summed E-state index contributed by atoms with van der Waals surface area (Å²) in [6, 6.07) is 18.8. The molecule has 0 aliphatic carbocycles. The average molecular weight is 407 g/mol. The molecule has 1 atom stereocenters. The van der Waals surface area contributed by atoms with Crippen LogP contribution in [0.4, 0.5) is 11.4 Å². The number of carbonyl (C=O) groups is 1. The maximum Gasteiger partial charge on any atom is 0.246 e. The van der Waals surface area contributed by atoms with Crippen molar-refractivity contribution in [3.05, 3.63) is 60.2 Å². The van der Waals surface area contributed by atoms with Crippen molar-refractivity contribution in [3.8, 4) is 0 Å². The van der Waals surface area contributed by atoms with Gasteiger partial charge in [0.1, 0.15) is 6.04 Å². The molecule has 2 fully saturated rings. The van der Waals surface area contributed by atoms with E-state index in [1.54, 1.807) is 0 Å². The van der Waals surface area contributed by atoms with E-state index >= 15 is 0 Å². The third-order valence-electron chi connectivity index (χ3n) is 6.65. The number of hydrogen-bond acceptors (Lipinski definition) is 4. The Bertz CT molecular complexity index is 809. The SMILES string of the molecule is CN1CCC(N(C)c2ccc(NC(=O)C(c3ccccc3)N3CCCC3)cc2)CC1. The second-order valence-electron chi connectivity index (χ2n) is 8.74. The number of nitrogens with one attached hydrogen (secondary N) is 1. The molecule has 5 nitrogen and oxygen atoms in total. The molecular formula is C25H34N4O. The molecule has 0 radical (unpaired) electrons. The van der Waals surface area contributed by atoms with Gasteiger partial charge in [-0.3, -0.25) is 9.69 Å². The van der Waals surface area contributed by atoms with Gasteiger partial charge in [-0.1, -0.05) is 30.3 Å². The first kappa shape index (κ1) is 20.9. The minimum Gasteiger partial charge on any atom is -0.372 e. The van der Waals surface area contributed by atoms with Gasteiger partial charge >= 0.3 is 0 Å². The molecule has 1 amide bonds. The van der Waals surface area contributed by atoms with E-state index in [-0.39, 0.29) is 11.9 Å². The van der Waals surface area contributed by atoms with Crippen molar-refractivity contribution in [3.63, 3.8) is 0 Å². The van der Waals surface area contributed by atoms with Gasteiger partial charge in [-0.05, 0) is 88.7 Å². The normalized spacial score (nSPS) is 19.5. The van der Waals surface area contributed by atoms with Crippen molar-refractivity contribution < 1.29 is 4.79 Å². The molecule has 4 rings (SSSR count). The fourth-order valence-corrected chi connectivity index (χ4v) is 4.75. The molecule has 0 spiro atoms. The van der Waals surface area contributed by atoms with Crippen molar-refractivity contribution >= 4 is 17.3 Å². The summed E-state index contributed by atoms with van der Waals surface area (Å²) < 4.78 is 0. The van der Waals surface area contributed by atoms with E-state index in [0.29, 0.717) is 6.04 Å². The summed E-state index contributed by atoms with van der Waals surface area (Å²) in [5.74, 6) is 0.0551. The zero-order chi connectivity index (χ0) is 20.9. The van der Waals surface area contributed by atoms with Crippen LogP contribution in [0.15, 0.2) is 54.6 Å². The number of benzene rings is 2. The maximum absolute atomic E-state index is 13.2. The Kier molecular flexibility index (Phi) is 6.70. The molecule has 1 N–H and O–H groups in total. The quantitative estimate of drug-likeness (QED) is 0.787. The smallest absolute Gasteiger partial charge is 0.246 e. The van der Waals surface area contributed by atoms with E-state index in [4.69, 9.17) is 0 Å². The monoisotopic (exact) mass is 406 g/mol. The van der Waals surface area contributed by atoms with Crippen molar-refractivity contribution in [2.45, 2.75) is 37.8 Å². The third kappa shape index (κ3) is 4.85. The highest BCUT2D eigenvalue weighted by Gasteiger charge is 2.29. The molecule has 5 heteroatoms. The first-order chi connectivity index (χ1) is 14.6. The lowest BCUT2D eigenvalue weighted by Gasteiger charge is -2.36. The maximum atomic E-state index is 13.2. The van der Waals surface area contributed by atoms with Gasteiger partial charge in [0.05, 0.1) is 0 Å². The van der Waals surface area contributed by atoms with Crippen molar-refractivity contribution in [1.29, 1.82) is 0 Å². The van der Waals surface area contributed by atoms with E-state index < -0.39 is 0 Å². The van der Waals surface area contributed by atoms with Crippen LogP contribution in [0.25, 0.3) is 0 Å². The van der Waals surface area contributed by atoms with Gasteiger partial charge in [0, 0.05) is 24.5 Å². The molecule has 2 aromatic rings. The Labute approximate surface area is 180 Å². The summed E-state index contributed by atoms with van der Waals surface area (Å²) in [5, 5.41) is 3.16. The van der Waals surface area contributed by atoms with Gasteiger partial charge < -0.3 is 15.1 Å². The lowest BCUT2D eigenvalue weighted by Crippen LogP contribution is -2.41. The van der Waals surface area contributed by atoms with E-state index in [9.17, 15) is 4.79 Å². The van der Waals surface area contributed by atoms with E-state index in [2.05, 4.69) is 58.4 Å². The van der Waals surface area contributed by atoms with E-state index in [0.717, 1.165) is 50.3 Å². The number of hydrogen-bond donors (Lipinski definition) is 1. The molecule has 0 aromatic heterocycles. The fourth-order valence-electron chi connectivity index (χ4n) is 4.75. The van der Waals surface area contributed by atoms with Gasteiger partial charge in [0.25, 0.3) is 0 Å². The zero-order valence-corrected chi connectivity index (χ0v) is 18.3. The van der Waals surface area contributed by atoms with Crippen molar-refractivity contribution in [1.82, 2.24) is 9.80 Å². The second-order valence-corrected chi connectivity index (χ2v) is 8.74. The minimum absolute atomic E-state index is 0.0551. The predicted octanol–water partition coefficient (Wildman–Crippen LogP) is 3.99. The van der Waals surface area contributed by atoms with Gasteiger partial charge in [-0.25, -0.2) is 0 Å². The van der Waals surface area contributed by atoms with Crippen molar-refractivity contribution in [2.75, 3.05) is 50.5 Å². The molecule has 30 heavy (non-hydrogen) atoms. The molecule has 1 unspecified atom stereocenters. The molecule has 0 saturated carbocycles. The topological polar surface area (TPSA) is 38.8 Å². The van der Waals surface area contributed by atoms with Gasteiger partial charge in [0.15, 0.2) is 0 Å². The highest BCUT2D eigenvalue weighted by Crippen LogP contribution is 2.28. The molecular weight excluding hydrogens is 372 g/mol. The Balaban J connectivity index is 1.43. The molecule has 2 heterocycles. The van der Waals surface area contributed by atoms with Crippen LogP contribution < -0.4 is 10.2 Å².